The quantitative estimate of drug-likeness (QED) is 0.437. The first-order valence-electron chi connectivity index (χ1n) is 5.97. The summed E-state index contributed by atoms with van der Waals surface area (Å²) in [6, 6.07) is 5.56. The average Bonchev–Trinajstić information content (AvgIpc) is 2.38. The van der Waals surface area contributed by atoms with Gasteiger partial charge in [-0.3, -0.25) is 24.6 Å². The Morgan fingerprint density at radius 2 is 1.85 bits per heavy atom. The van der Waals surface area contributed by atoms with E-state index in [1.54, 1.807) is 26.0 Å². The van der Waals surface area contributed by atoms with Crippen molar-refractivity contribution in [2.75, 3.05) is 34.2 Å². The van der Waals surface area contributed by atoms with Gasteiger partial charge in [-0.05, 0) is 7.05 Å². The zero-order valence-corrected chi connectivity index (χ0v) is 11.7. The number of carbonyl (C=O) groups excluding carboxylic acids is 2. The number of nitrogens with zero attached hydrogens (tertiary/aromatic N) is 3. The average molecular weight is 279 g/mol. The number of likely N-dealkylation sites (N-methyl/N-ethyl adjacent to an activating group) is 2. The van der Waals surface area contributed by atoms with E-state index in [1.807, 2.05) is 0 Å². The molecule has 0 aromatic heterocycles. The molecular formula is C13H17N3O4. The van der Waals surface area contributed by atoms with E-state index in [-0.39, 0.29) is 36.0 Å². The fourth-order valence-corrected chi connectivity index (χ4v) is 1.56. The minimum Gasteiger partial charge on any atom is -0.348 e. The molecule has 0 spiro atoms. The minimum absolute atomic E-state index is 0.0285. The molecule has 0 aliphatic rings. The summed E-state index contributed by atoms with van der Waals surface area (Å²) in [7, 11) is 4.92. The third-order valence-corrected chi connectivity index (χ3v) is 2.70. The van der Waals surface area contributed by atoms with E-state index in [0.29, 0.717) is 0 Å². The van der Waals surface area contributed by atoms with Gasteiger partial charge in [-0.25, -0.2) is 0 Å². The van der Waals surface area contributed by atoms with E-state index in [2.05, 4.69) is 0 Å². The van der Waals surface area contributed by atoms with Crippen molar-refractivity contribution >= 4 is 17.4 Å². The number of non-ortho nitro benzene ring substituents is 1. The Kier molecular flexibility index (Phi) is 5.33. The molecule has 0 saturated heterocycles. The Morgan fingerprint density at radius 3 is 2.40 bits per heavy atom. The van der Waals surface area contributed by atoms with Crippen molar-refractivity contribution in [1.82, 2.24) is 9.80 Å². The van der Waals surface area contributed by atoms with Gasteiger partial charge < -0.3 is 4.90 Å². The normalized spacial score (nSPS) is 10.4. The number of nitro benzene ring substituents is 1. The fourth-order valence-electron chi connectivity index (χ4n) is 1.56. The highest BCUT2D eigenvalue weighted by Crippen LogP contribution is 2.13. The van der Waals surface area contributed by atoms with E-state index < -0.39 is 4.92 Å². The van der Waals surface area contributed by atoms with Gasteiger partial charge in [0.2, 0.25) is 5.91 Å². The monoisotopic (exact) mass is 279 g/mol. The summed E-state index contributed by atoms with van der Waals surface area (Å²) >= 11 is 0. The van der Waals surface area contributed by atoms with E-state index >= 15 is 0 Å². The maximum absolute atomic E-state index is 12.0. The molecule has 0 N–H and O–H groups in total. The van der Waals surface area contributed by atoms with Crippen molar-refractivity contribution in [2.45, 2.75) is 0 Å². The number of ketones is 1. The second-order valence-electron chi connectivity index (χ2n) is 4.69. The lowest BCUT2D eigenvalue weighted by Gasteiger charge is -2.18. The molecule has 0 heterocycles. The van der Waals surface area contributed by atoms with Crippen LogP contribution in [0.3, 0.4) is 0 Å². The lowest BCUT2D eigenvalue weighted by molar-refractivity contribution is -0.384. The SMILES string of the molecule is CN(CC(=O)c1cccc([N+](=O)[O-])c1)CC(=O)N(C)C. The molecule has 0 aliphatic heterocycles. The summed E-state index contributed by atoms with van der Waals surface area (Å²) in [6.45, 7) is 0.147. The van der Waals surface area contributed by atoms with Gasteiger partial charge in [-0.15, -0.1) is 0 Å². The molecule has 0 fully saturated rings. The number of benzene rings is 1. The summed E-state index contributed by atoms with van der Waals surface area (Å²) in [5.74, 6) is -0.373. The van der Waals surface area contributed by atoms with Gasteiger partial charge in [0.25, 0.3) is 5.69 Å². The van der Waals surface area contributed by atoms with Crippen molar-refractivity contribution in [2.24, 2.45) is 0 Å². The van der Waals surface area contributed by atoms with Crippen LogP contribution in [0.25, 0.3) is 0 Å². The van der Waals surface area contributed by atoms with Crippen molar-refractivity contribution in [3.05, 3.63) is 39.9 Å². The molecule has 0 aliphatic carbocycles. The van der Waals surface area contributed by atoms with Gasteiger partial charge in [-0.2, -0.15) is 0 Å². The molecule has 7 heteroatoms. The van der Waals surface area contributed by atoms with Crippen LogP contribution in [0, 0.1) is 10.1 Å². The highest BCUT2D eigenvalue weighted by Gasteiger charge is 2.15. The van der Waals surface area contributed by atoms with E-state index in [0.717, 1.165) is 0 Å². The summed E-state index contributed by atoms with van der Waals surface area (Å²) in [6.07, 6.45) is 0. The van der Waals surface area contributed by atoms with Crippen LogP contribution in [0.2, 0.25) is 0 Å². The predicted molar refractivity (Wildman–Crippen MR) is 73.6 cm³/mol. The second kappa shape index (κ2) is 6.76. The molecule has 1 aromatic rings. The molecule has 0 unspecified atom stereocenters. The number of carbonyl (C=O) groups is 2. The topological polar surface area (TPSA) is 83.8 Å². The van der Waals surface area contributed by atoms with Gasteiger partial charge in [-0.1, -0.05) is 12.1 Å². The molecule has 20 heavy (non-hydrogen) atoms. The molecular weight excluding hydrogens is 262 g/mol. The van der Waals surface area contributed by atoms with Gasteiger partial charge in [0.15, 0.2) is 5.78 Å². The number of amides is 1. The third-order valence-electron chi connectivity index (χ3n) is 2.70. The van der Waals surface area contributed by atoms with Crippen LogP contribution < -0.4 is 0 Å². The Morgan fingerprint density at radius 1 is 1.20 bits per heavy atom. The molecule has 0 radical (unpaired) electrons. The summed E-state index contributed by atoms with van der Waals surface area (Å²) in [5, 5.41) is 10.7. The Labute approximate surface area is 116 Å². The number of nitro groups is 1. The molecule has 1 rings (SSSR count). The number of Topliss-reactive ketones (excluding diaryl/α,β-unsaturated/α-hetero) is 1. The van der Waals surface area contributed by atoms with Crippen LogP contribution in [0.1, 0.15) is 10.4 Å². The van der Waals surface area contributed by atoms with Crippen molar-refractivity contribution in [3.63, 3.8) is 0 Å². The van der Waals surface area contributed by atoms with Crippen molar-refractivity contribution in [1.29, 1.82) is 0 Å². The zero-order chi connectivity index (χ0) is 15.3. The Hall–Kier alpha value is -2.28. The van der Waals surface area contributed by atoms with E-state index in [1.165, 1.54) is 29.2 Å². The standard InChI is InChI=1S/C13H17N3O4/c1-14(2)13(18)9-15(3)8-12(17)10-5-4-6-11(7-10)16(19)20/h4-7H,8-9H2,1-3H3. The number of rotatable bonds is 6. The Balaban J connectivity index is 2.69. The molecule has 0 bridgehead atoms. The molecule has 0 saturated carbocycles. The highest BCUT2D eigenvalue weighted by atomic mass is 16.6. The first-order chi connectivity index (χ1) is 9.31. The third kappa shape index (κ3) is 4.43. The summed E-state index contributed by atoms with van der Waals surface area (Å²) in [5.41, 5.74) is 0.145. The smallest absolute Gasteiger partial charge is 0.270 e. The molecule has 108 valence electrons. The number of hydrogen-bond donors (Lipinski definition) is 0. The van der Waals surface area contributed by atoms with Crippen LogP contribution in [0.5, 0.6) is 0 Å². The van der Waals surface area contributed by atoms with Crippen LogP contribution in [-0.2, 0) is 4.79 Å². The van der Waals surface area contributed by atoms with Gasteiger partial charge in [0, 0.05) is 31.8 Å². The first-order valence-corrected chi connectivity index (χ1v) is 5.97. The van der Waals surface area contributed by atoms with Gasteiger partial charge >= 0.3 is 0 Å². The maximum Gasteiger partial charge on any atom is 0.270 e. The van der Waals surface area contributed by atoms with Crippen LogP contribution in [0.15, 0.2) is 24.3 Å². The van der Waals surface area contributed by atoms with Crippen LogP contribution >= 0.6 is 0 Å². The summed E-state index contributed by atoms with van der Waals surface area (Å²) < 4.78 is 0. The molecule has 1 aromatic carbocycles. The zero-order valence-electron chi connectivity index (χ0n) is 11.7. The lowest BCUT2D eigenvalue weighted by atomic mass is 10.1. The van der Waals surface area contributed by atoms with Gasteiger partial charge in [0.05, 0.1) is 18.0 Å². The van der Waals surface area contributed by atoms with Crippen LogP contribution in [-0.4, -0.2) is 60.6 Å². The van der Waals surface area contributed by atoms with E-state index in [9.17, 15) is 19.7 Å². The minimum atomic E-state index is -0.546. The maximum atomic E-state index is 12.0. The second-order valence-corrected chi connectivity index (χ2v) is 4.69. The lowest BCUT2D eigenvalue weighted by Crippen LogP contribution is -2.36. The van der Waals surface area contributed by atoms with Crippen molar-refractivity contribution in [3.8, 4) is 0 Å². The van der Waals surface area contributed by atoms with E-state index in [4.69, 9.17) is 0 Å². The number of hydrogen-bond acceptors (Lipinski definition) is 5. The molecule has 0 atom stereocenters. The Bertz CT molecular complexity index is 528. The largest absolute Gasteiger partial charge is 0.348 e. The fraction of sp³-hybridized carbons (Fsp3) is 0.385. The predicted octanol–water partition coefficient (Wildman–Crippen LogP) is 0.798. The highest BCUT2D eigenvalue weighted by molar-refractivity contribution is 5.98. The summed E-state index contributed by atoms with van der Waals surface area (Å²) in [4.78, 5) is 36.6. The first kappa shape index (κ1) is 15.8. The molecule has 1 amide bonds. The molecule has 7 nitrogen and oxygen atoms in total. The van der Waals surface area contributed by atoms with Crippen LogP contribution in [0.4, 0.5) is 5.69 Å². The van der Waals surface area contributed by atoms with Gasteiger partial charge in [0.1, 0.15) is 0 Å². The van der Waals surface area contributed by atoms with Crippen molar-refractivity contribution < 1.29 is 14.5 Å².